The van der Waals surface area contributed by atoms with Crippen molar-refractivity contribution < 1.29 is 15.0 Å². The molecule has 0 aliphatic carbocycles. The van der Waals surface area contributed by atoms with Crippen molar-refractivity contribution in [2.45, 2.75) is 244 Å². The van der Waals surface area contributed by atoms with E-state index in [0.29, 0.717) is 6.42 Å². The third kappa shape index (κ3) is 37.9. The maximum atomic E-state index is 12.4. The van der Waals surface area contributed by atoms with E-state index >= 15 is 0 Å². The molecule has 0 rings (SSSR count). The van der Waals surface area contributed by atoms with Crippen molar-refractivity contribution in [3.63, 3.8) is 0 Å². The molecular weight excluding hydrogens is 615 g/mol. The van der Waals surface area contributed by atoms with Crippen LogP contribution in [-0.4, -0.2) is 34.9 Å². The molecule has 3 N–H and O–H groups in total. The second-order valence-corrected chi connectivity index (χ2v) is 15.1. The number of hydrogen-bond donors (Lipinski definition) is 3. The van der Waals surface area contributed by atoms with E-state index in [1.54, 1.807) is 6.08 Å². The highest BCUT2D eigenvalue weighted by Crippen LogP contribution is 2.15. The summed E-state index contributed by atoms with van der Waals surface area (Å²) >= 11 is 0. The number of nitrogens with one attached hydrogen (secondary N) is 1. The van der Waals surface area contributed by atoms with Gasteiger partial charge in [0, 0.05) is 6.42 Å². The van der Waals surface area contributed by atoms with Gasteiger partial charge in [0.15, 0.2) is 0 Å². The number of carbonyl (C=O) groups excluding carboxylic acids is 1. The zero-order valence-corrected chi connectivity index (χ0v) is 33.7. The van der Waals surface area contributed by atoms with Crippen LogP contribution in [0.3, 0.4) is 0 Å². The smallest absolute Gasteiger partial charge is 0.220 e. The van der Waals surface area contributed by atoms with Crippen LogP contribution in [0.1, 0.15) is 232 Å². The first-order chi connectivity index (χ1) is 24.7. The van der Waals surface area contributed by atoms with Gasteiger partial charge in [0.2, 0.25) is 5.91 Å². The van der Waals surface area contributed by atoms with E-state index in [4.69, 9.17) is 0 Å². The Balaban J connectivity index is 3.52. The fourth-order valence-electron chi connectivity index (χ4n) is 6.68. The van der Waals surface area contributed by atoms with Crippen LogP contribution in [0.5, 0.6) is 0 Å². The van der Waals surface area contributed by atoms with Crippen LogP contribution < -0.4 is 5.32 Å². The number of aliphatic hydroxyl groups is 2. The summed E-state index contributed by atoms with van der Waals surface area (Å²) in [4.78, 5) is 12.4. The molecule has 4 nitrogen and oxygen atoms in total. The lowest BCUT2D eigenvalue weighted by Gasteiger charge is -2.20. The summed E-state index contributed by atoms with van der Waals surface area (Å²) in [6, 6.07) is -0.620. The molecule has 0 heterocycles. The predicted octanol–water partition coefficient (Wildman–Crippen LogP) is 13.8. The first-order valence-corrected chi connectivity index (χ1v) is 22.2. The van der Waals surface area contributed by atoms with Gasteiger partial charge in [-0.05, 0) is 51.4 Å². The molecule has 0 aliphatic heterocycles. The Hall–Kier alpha value is -1.39. The summed E-state index contributed by atoms with van der Waals surface area (Å²) in [6.45, 7) is 4.30. The van der Waals surface area contributed by atoms with E-state index in [1.165, 1.54) is 180 Å². The van der Waals surface area contributed by atoms with Crippen molar-refractivity contribution in [3.05, 3.63) is 36.5 Å². The zero-order chi connectivity index (χ0) is 36.4. The number of aliphatic hydroxyl groups excluding tert-OH is 2. The molecule has 2 unspecified atom stereocenters. The minimum Gasteiger partial charge on any atom is -0.394 e. The van der Waals surface area contributed by atoms with E-state index in [2.05, 4.69) is 43.5 Å². The monoisotopic (exact) mass is 702 g/mol. The van der Waals surface area contributed by atoms with Gasteiger partial charge in [-0.1, -0.05) is 211 Å². The number of hydrogen-bond acceptors (Lipinski definition) is 3. The highest BCUT2D eigenvalue weighted by atomic mass is 16.3. The van der Waals surface area contributed by atoms with Gasteiger partial charge in [-0.2, -0.15) is 0 Å². The molecular formula is C46H87NO3. The van der Waals surface area contributed by atoms with Crippen LogP contribution in [0.15, 0.2) is 36.5 Å². The van der Waals surface area contributed by atoms with Crippen LogP contribution in [-0.2, 0) is 4.79 Å². The van der Waals surface area contributed by atoms with Gasteiger partial charge < -0.3 is 15.5 Å². The standard InChI is InChI=1S/C46H87NO3/c1-3-5-7-9-11-13-15-17-18-19-20-21-22-23-24-25-26-27-28-30-32-34-36-38-40-42-46(50)47-44(43-48)45(49)41-39-37-35-33-31-29-16-14-12-10-8-6-4-2/h15,17,19-20,39,41,44-45,48-49H,3-14,16,18,21-38,40,42-43H2,1-2H3,(H,47,50)/b17-15-,20-19-,41-39+. The second kappa shape index (κ2) is 42.0. The van der Waals surface area contributed by atoms with Gasteiger partial charge in [0.25, 0.3) is 0 Å². The molecule has 0 aliphatic rings. The molecule has 0 radical (unpaired) electrons. The largest absolute Gasteiger partial charge is 0.394 e. The fraction of sp³-hybridized carbons (Fsp3) is 0.848. The molecule has 0 aromatic rings. The minimum atomic E-state index is -0.837. The number of amides is 1. The van der Waals surface area contributed by atoms with Gasteiger partial charge >= 0.3 is 0 Å². The van der Waals surface area contributed by atoms with Crippen molar-refractivity contribution in [1.29, 1.82) is 0 Å². The van der Waals surface area contributed by atoms with Crippen molar-refractivity contribution in [1.82, 2.24) is 5.32 Å². The molecule has 2 atom stereocenters. The lowest BCUT2D eigenvalue weighted by molar-refractivity contribution is -0.123. The highest BCUT2D eigenvalue weighted by Gasteiger charge is 2.17. The molecule has 1 amide bonds. The average molecular weight is 702 g/mol. The number of carbonyl (C=O) groups is 1. The van der Waals surface area contributed by atoms with Crippen LogP contribution in [0, 0.1) is 0 Å². The summed E-state index contributed by atoms with van der Waals surface area (Å²) in [5.41, 5.74) is 0. The molecule has 0 aromatic heterocycles. The van der Waals surface area contributed by atoms with Crippen molar-refractivity contribution in [3.8, 4) is 0 Å². The molecule has 0 fully saturated rings. The Morgan fingerprint density at radius 2 is 0.820 bits per heavy atom. The highest BCUT2D eigenvalue weighted by molar-refractivity contribution is 5.76. The maximum absolute atomic E-state index is 12.4. The van der Waals surface area contributed by atoms with Crippen LogP contribution in [0.2, 0.25) is 0 Å². The Morgan fingerprint density at radius 3 is 1.20 bits per heavy atom. The topological polar surface area (TPSA) is 69.6 Å². The maximum Gasteiger partial charge on any atom is 0.220 e. The van der Waals surface area contributed by atoms with Crippen molar-refractivity contribution in [2.75, 3.05) is 6.61 Å². The molecule has 4 heteroatoms. The van der Waals surface area contributed by atoms with Gasteiger partial charge in [-0.3, -0.25) is 4.79 Å². The van der Waals surface area contributed by atoms with E-state index in [-0.39, 0.29) is 12.5 Å². The third-order valence-corrected chi connectivity index (χ3v) is 10.1. The van der Waals surface area contributed by atoms with E-state index in [9.17, 15) is 15.0 Å². The summed E-state index contributed by atoms with van der Waals surface area (Å²) in [5, 5.41) is 23.0. The van der Waals surface area contributed by atoms with E-state index in [1.807, 2.05) is 6.08 Å². The quantitative estimate of drug-likeness (QED) is 0.0440. The molecule has 0 saturated carbocycles. The summed E-state index contributed by atoms with van der Waals surface area (Å²) in [6.07, 6.45) is 55.4. The second-order valence-electron chi connectivity index (χ2n) is 15.1. The molecule has 50 heavy (non-hydrogen) atoms. The Kier molecular flexibility index (Phi) is 40.9. The van der Waals surface area contributed by atoms with Crippen LogP contribution in [0.4, 0.5) is 0 Å². The van der Waals surface area contributed by atoms with Gasteiger partial charge in [-0.15, -0.1) is 0 Å². The molecule has 0 bridgehead atoms. The van der Waals surface area contributed by atoms with Crippen molar-refractivity contribution in [2.24, 2.45) is 0 Å². The molecule has 0 saturated heterocycles. The number of rotatable bonds is 40. The van der Waals surface area contributed by atoms with E-state index in [0.717, 1.165) is 32.1 Å². The first-order valence-electron chi connectivity index (χ1n) is 22.2. The van der Waals surface area contributed by atoms with Gasteiger partial charge in [0.05, 0.1) is 18.8 Å². The lowest BCUT2D eigenvalue weighted by atomic mass is 10.0. The zero-order valence-electron chi connectivity index (χ0n) is 33.7. The SMILES string of the molecule is CCCCCCC/C=C\C/C=C\CCCCCCCCCCCCCCCC(=O)NC(CO)C(O)/C=C/CCCCCCCCCCCCC. The van der Waals surface area contributed by atoms with E-state index < -0.39 is 12.1 Å². The number of allylic oxidation sites excluding steroid dienone is 5. The average Bonchev–Trinajstić information content (AvgIpc) is 3.12. The molecule has 0 aromatic carbocycles. The Bertz CT molecular complexity index is 760. The summed E-state index contributed by atoms with van der Waals surface area (Å²) in [7, 11) is 0. The Labute approximate surface area is 312 Å². The lowest BCUT2D eigenvalue weighted by Crippen LogP contribution is -2.45. The first kappa shape index (κ1) is 48.6. The predicted molar refractivity (Wildman–Crippen MR) is 221 cm³/mol. The molecule has 294 valence electrons. The van der Waals surface area contributed by atoms with Gasteiger partial charge in [-0.25, -0.2) is 0 Å². The molecule has 0 spiro atoms. The van der Waals surface area contributed by atoms with Crippen LogP contribution >= 0.6 is 0 Å². The number of unbranched alkanes of at least 4 members (excludes halogenated alkanes) is 29. The Morgan fingerprint density at radius 1 is 0.480 bits per heavy atom. The fourth-order valence-corrected chi connectivity index (χ4v) is 6.68. The van der Waals surface area contributed by atoms with Crippen molar-refractivity contribution >= 4 is 5.91 Å². The third-order valence-electron chi connectivity index (χ3n) is 10.1. The van der Waals surface area contributed by atoms with Gasteiger partial charge in [0.1, 0.15) is 0 Å². The normalized spacial score (nSPS) is 13.3. The minimum absolute atomic E-state index is 0.0650. The summed E-state index contributed by atoms with van der Waals surface area (Å²) in [5.74, 6) is -0.0650. The van der Waals surface area contributed by atoms with Crippen LogP contribution in [0.25, 0.3) is 0 Å². The summed E-state index contributed by atoms with van der Waals surface area (Å²) < 4.78 is 0.